The molecule has 1 atom stereocenters. The second-order valence-electron chi connectivity index (χ2n) is 5.02. The van der Waals surface area contributed by atoms with Crippen molar-refractivity contribution in [2.45, 2.75) is 19.5 Å². The molecule has 106 valence electrons. The molecule has 0 saturated heterocycles. The van der Waals surface area contributed by atoms with Gasteiger partial charge in [-0.05, 0) is 12.5 Å². The second kappa shape index (κ2) is 6.66. The summed E-state index contributed by atoms with van der Waals surface area (Å²) >= 11 is 1.70. The van der Waals surface area contributed by atoms with E-state index in [-0.39, 0.29) is 0 Å². The first-order chi connectivity index (χ1) is 10.3. The second-order valence-corrected chi connectivity index (χ2v) is 5.88. The first kappa shape index (κ1) is 14.0. The summed E-state index contributed by atoms with van der Waals surface area (Å²) in [5.74, 6) is 0. The zero-order valence-electron chi connectivity index (χ0n) is 12.0. The van der Waals surface area contributed by atoms with E-state index in [1.165, 1.54) is 11.1 Å². The summed E-state index contributed by atoms with van der Waals surface area (Å²) < 4.78 is 0. The normalized spacial score (nSPS) is 12.2. The highest BCUT2D eigenvalue weighted by Crippen LogP contribution is 2.23. The van der Waals surface area contributed by atoms with Crippen LogP contribution in [0, 0.1) is 0 Å². The number of thiazole rings is 1. The van der Waals surface area contributed by atoms with Crippen molar-refractivity contribution in [3.8, 4) is 10.6 Å². The Morgan fingerprint density at radius 3 is 2.38 bits per heavy atom. The molecule has 2 nitrogen and oxygen atoms in total. The number of benzene rings is 2. The van der Waals surface area contributed by atoms with Crippen LogP contribution in [-0.2, 0) is 6.54 Å². The molecule has 3 aromatic rings. The zero-order valence-corrected chi connectivity index (χ0v) is 12.8. The highest BCUT2D eigenvalue weighted by molar-refractivity contribution is 7.13. The molecular weight excluding hydrogens is 276 g/mol. The van der Waals surface area contributed by atoms with E-state index in [1.54, 1.807) is 11.3 Å². The molecule has 0 fully saturated rings. The third-order valence-corrected chi connectivity index (χ3v) is 4.40. The van der Waals surface area contributed by atoms with Crippen LogP contribution in [0.1, 0.15) is 24.2 Å². The third kappa shape index (κ3) is 3.57. The summed E-state index contributed by atoms with van der Waals surface area (Å²) in [7, 11) is 0. The van der Waals surface area contributed by atoms with Gasteiger partial charge in [-0.1, -0.05) is 60.7 Å². The average Bonchev–Trinajstić information content (AvgIpc) is 3.03. The third-order valence-electron chi connectivity index (χ3n) is 3.46. The predicted molar refractivity (Wildman–Crippen MR) is 89.2 cm³/mol. The number of hydrogen-bond donors (Lipinski definition) is 1. The number of aromatic nitrogens is 1. The zero-order chi connectivity index (χ0) is 14.5. The van der Waals surface area contributed by atoms with Gasteiger partial charge in [0.25, 0.3) is 0 Å². The van der Waals surface area contributed by atoms with Crippen molar-refractivity contribution in [2.75, 3.05) is 0 Å². The minimum absolute atomic E-state index is 0.327. The van der Waals surface area contributed by atoms with Crippen molar-refractivity contribution in [3.05, 3.63) is 77.3 Å². The Hall–Kier alpha value is -1.97. The minimum atomic E-state index is 0.327. The van der Waals surface area contributed by atoms with Crippen molar-refractivity contribution in [1.29, 1.82) is 0 Å². The Balaban J connectivity index is 1.63. The van der Waals surface area contributed by atoms with Gasteiger partial charge in [0.2, 0.25) is 0 Å². The molecule has 0 saturated carbocycles. The monoisotopic (exact) mass is 294 g/mol. The molecule has 0 bridgehead atoms. The van der Waals surface area contributed by atoms with Crippen LogP contribution in [0.15, 0.2) is 66.0 Å². The number of rotatable bonds is 5. The Labute approximate surface area is 129 Å². The maximum Gasteiger partial charge on any atom is 0.123 e. The quantitative estimate of drug-likeness (QED) is 0.740. The number of hydrogen-bond acceptors (Lipinski definition) is 3. The van der Waals surface area contributed by atoms with Gasteiger partial charge in [0.15, 0.2) is 0 Å². The van der Waals surface area contributed by atoms with E-state index < -0.39 is 0 Å². The van der Waals surface area contributed by atoms with E-state index in [2.05, 4.69) is 54.0 Å². The predicted octanol–water partition coefficient (Wildman–Crippen LogP) is 4.66. The van der Waals surface area contributed by atoms with Crippen LogP contribution >= 0.6 is 11.3 Å². The van der Waals surface area contributed by atoms with Gasteiger partial charge in [-0.2, -0.15) is 0 Å². The Morgan fingerprint density at radius 2 is 1.67 bits per heavy atom. The van der Waals surface area contributed by atoms with Gasteiger partial charge in [-0.25, -0.2) is 4.98 Å². The molecule has 0 unspecified atom stereocenters. The lowest BCUT2D eigenvalue weighted by molar-refractivity contribution is 0.569. The van der Waals surface area contributed by atoms with E-state index in [1.807, 2.05) is 24.3 Å². The van der Waals surface area contributed by atoms with Gasteiger partial charge in [0.05, 0.1) is 5.69 Å². The van der Waals surface area contributed by atoms with Gasteiger partial charge >= 0.3 is 0 Å². The van der Waals surface area contributed by atoms with Gasteiger partial charge in [-0.3, -0.25) is 0 Å². The largest absolute Gasteiger partial charge is 0.305 e. The summed E-state index contributed by atoms with van der Waals surface area (Å²) in [4.78, 5) is 4.70. The molecule has 1 aromatic heterocycles. The lowest BCUT2D eigenvalue weighted by Gasteiger charge is -2.12. The van der Waals surface area contributed by atoms with Crippen molar-refractivity contribution in [3.63, 3.8) is 0 Å². The SMILES string of the molecule is C[C@@H](NCc1csc(-c2ccccc2)n1)c1ccccc1. The molecule has 0 aliphatic rings. The lowest BCUT2D eigenvalue weighted by Crippen LogP contribution is -2.18. The van der Waals surface area contributed by atoms with Crippen LogP contribution in [0.4, 0.5) is 0 Å². The van der Waals surface area contributed by atoms with E-state index in [0.717, 1.165) is 17.2 Å². The molecule has 0 radical (unpaired) electrons. The van der Waals surface area contributed by atoms with Crippen LogP contribution < -0.4 is 5.32 Å². The fraction of sp³-hybridized carbons (Fsp3) is 0.167. The standard InChI is InChI=1S/C18H18N2S/c1-14(15-8-4-2-5-9-15)19-12-17-13-21-18(20-17)16-10-6-3-7-11-16/h2-11,13-14,19H,12H2,1H3/t14-/m1/s1. The topological polar surface area (TPSA) is 24.9 Å². The van der Waals surface area contributed by atoms with Crippen molar-refractivity contribution in [2.24, 2.45) is 0 Å². The minimum Gasteiger partial charge on any atom is -0.305 e. The smallest absolute Gasteiger partial charge is 0.123 e. The van der Waals surface area contributed by atoms with Crippen LogP contribution in [0.3, 0.4) is 0 Å². The van der Waals surface area contributed by atoms with Crippen molar-refractivity contribution in [1.82, 2.24) is 10.3 Å². The van der Waals surface area contributed by atoms with Crippen LogP contribution in [-0.4, -0.2) is 4.98 Å². The number of nitrogens with zero attached hydrogens (tertiary/aromatic N) is 1. The van der Waals surface area contributed by atoms with Gasteiger partial charge < -0.3 is 5.32 Å². The van der Waals surface area contributed by atoms with Gasteiger partial charge in [0, 0.05) is 23.5 Å². The maximum atomic E-state index is 4.70. The van der Waals surface area contributed by atoms with Crippen LogP contribution in [0.5, 0.6) is 0 Å². The molecule has 0 amide bonds. The molecule has 2 aromatic carbocycles. The van der Waals surface area contributed by atoms with E-state index >= 15 is 0 Å². The highest BCUT2D eigenvalue weighted by Gasteiger charge is 2.07. The van der Waals surface area contributed by atoms with Crippen molar-refractivity contribution >= 4 is 11.3 Å². The first-order valence-corrected chi connectivity index (χ1v) is 7.99. The molecule has 3 heteroatoms. The molecule has 0 spiro atoms. The average molecular weight is 294 g/mol. The molecule has 0 aliphatic carbocycles. The molecular formula is C18H18N2S. The Morgan fingerprint density at radius 1 is 1.00 bits per heavy atom. The Bertz CT molecular complexity index is 677. The maximum absolute atomic E-state index is 4.70. The summed E-state index contributed by atoms with van der Waals surface area (Å²) in [5, 5.41) is 6.74. The fourth-order valence-electron chi connectivity index (χ4n) is 2.22. The lowest BCUT2D eigenvalue weighted by atomic mass is 10.1. The van der Waals surface area contributed by atoms with Crippen molar-refractivity contribution < 1.29 is 0 Å². The van der Waals surface area contributed by atoms with Gasteiger partial charge in [0.1, 0.15) is 5.01 Å². The van der Waals surface area contributed by atoms with E-state index in [4.69, 9.17) is 4.98 Å². The Kier molecular flexibility index (Phi) is 4.43. The molecule has 1 N–H and O–H groups in total. The highest BCUT2D eigenvalue weighted by atomic mass is 32.1. The first-order valence-electron chi connectivity index (χ1n) is 7.11. The van der Waals surface area contributed by atoms with E-state index in [9.17, 15) is 0 Å². The van der Waals surface area contributed by atoms with Crippen LogP contribution in [0.2, 0.25) is 0 Å². The van der Waals surface area contributed by atoms with Gasteiger partial charge in [-0.15, -0.1) is 11.3 Å². The van der Waals surface area contributed by atoms with E-state index in [0.29, 0.717) is 6.04 Å². The number of nitrogens with one attached hydrogen (secondary N) is 1. The summed E-state index contributed by atoms with van der Waals surface area (Å²) in [6.45, 7) is 2.97. The summed E-state index contributed by atoms with van der Waals surface area (Å²) in [5.41, 5.74) is 3.59. The molecule has 1 heterocycles. The molecule has 0 aliphatic heterocycles. The molecule has 21 heavy (non-hydrogen) atoms. The fourth-order valence-corrected chi connectivity index (χ4v) is 3.04. The summed E-state index contributed by atoms with van der Waals surface area (Å²) in [6.07, 6.45) is 0. The van der Waals surface area contributed by atoms with Crippen LogP contribution in [0.25, 0.3) is 10.6 Å². The summed E-state index contributed by atoms with van der Waals surface area (Å²) in [6, 6.07) is 21.1. The molecule has 3 rings (SSSR count).